The summed E-state index contributed by atoms with van der Waals surface area (Å²) in [6.07, 6.45) is 3.92. The zero-order valence-corrected chi connectivity index (χ0v) is 20.7. The van der Waals surface area contributed by atoms with E-state index in [1.54, 1.807) is 0 Å². The number of benzene rings is 3. The molecule has 0 saturated carbocycles. The average Bonchev–Trinajstić information content (AvgIpc) is 3.42. The van der Waals surface area contributed by atoms with Gasteiger partial charge in [0.15, 0.2) is 0 Å². The first-order valence-corrected chi connectivity index (χ1v) is 12.0. The van der Waals surface area contributed by atoms with Crippen LogP contribution >= 0.6 is 47.8 Å². The SMILES string of the molecule is O=C1Nc2ccc(Br)cc2C1(c1c[nH]c2ccc(Br)cc12)c1c[nH]c2ccc(Br)cc12. The normalized spacial score (nSPS) is 14.9. The smallest absolute Gasteiger partial charge is 0.244 e. The molecule has 0 atom stereocenters. The minimum absolute atomic E-state index is 0.0673. The summed E-state index contributed by atoms with van der Waals surface area (Å²) in [5, 5.41) is 5.14. The molecular weight excluding hydrogens is 586 g/mol. The summed E-state index contributed by atoms with van der Waals surface area (Å²) < 4.78 is 2.85. The van der Waals surface area contributed by atoms with Crippen molar-refractivity contribution in [2.24, 2.45) is 0 Å². The molecule has 0 unspecified atom stereocenters. The lowest BCUT2D eigenvalue weighted by molar-refractivity contribution is -0.118. The molecule has 0 radical (unpaired) electrons. The molecule has 0 spiro atoms. The van der Waals surface area contributed by atoms with E-state index in [0.717, 1.165) is 57.6 Å². The fourth-order valence-electron chi connectivity index (χ4n) is 4.76. The molecule has 0 fully saturated rings. The number of carbonyl (C=O) groups is 1. The highest BCUT2D eigenvalue weighted by atomic mass is 79.9. The number of aromatic amines is 2. The van der Waals surface area contributed by atoms with E-state index in [9.17, 15) is 4.79 Å². The molecule has 2 aromatic heterocycles. The zero-order chi connectivity index (χ0) is 21.3. The van der Waals surface area contributed by atoms with Crippen LogP contribution in [0.4, 0.5) is 5.69 Å². The predicted molar refractivity (Wildman–Crippen MR) is 135 cm³/mol. The molecule has 1 aliphatic heterocycles. The number of hydrogen-bond acceptors (Lipinski definition) is 1. The van der Waals surface area contributed by atoms with Gasteiger partial charge < -0.3 is 15.3 Å². The van der Waals surface area contributed by atoms with Crippen molar-refractivity contribution in [3.8, 4) is 0 Å². The van der Waals surface area contributed by atoms with E-state index in [1.165, 1.54) is 0 Å². The quantitative estimate of drug-likeness (QED) is 0.197. The van der Waals surface area contributed by atoms with Crippen molar-refractivity contribution in [1.29, 1.82) is 0 Å². The fraction of sp³-hybridized carbons (Fsp3) is 0.0417. The zero-order valence-electron chi connectivity index (χ0n) is 15.9. The van der Waals surface area contributed by atoms with Crippen molar-refractivity contribution < 1.29 is 4.79 Å². The van der Waals surface area contributed by atoms with Crippen LogP contribution in [0.15, 0.2) is 80.4 Å². The van der Waals surface area contributed by atoms with Crippen LogP contribution < -0.4 is 5.32 Å². The predicted octanol–water partition coefficient (Wildman–Crippen LogP) is 7.22. The highest BCUT2D eigenvalue weighted by Gasteiger charge is 2.52. The van der Waals surface area contributed by atoms with Crippen LogP contribution in [0.2, 0.25) is 0 Å². The topological polar surface area (TPSA) is 60.7 Å². The number of hydrogen-bond donors (Lipinski definition) is 3. The highest BCUT2D eigenvalue weighted by molar-refractivity contribution is 9.11. The number of fused-ring (bicyclic) bond motifs is 3. The van der Waals surface area contributed by atoms with Gasteiger partial charge in [-0.15, -0.1) is 0 Å². The van der Waals surface area contributed by atoms with Crippen molar-refractivity contribution in [2.75, 3.05) is 5.32 Å². The van der Waals surface area contributed by atoms with Crippen LogP contribution in [0.1, 0.15) is 16.7 Å². The van der Waals surface area contributed by atoms with Gasteiger partial charge in [0.25, 0.3) is 0 Å². The standard InChI is InChI=1S/C24H14Br3N3O/c25-12-1-4-20-15(7-12)18(10-28-20)24(17-9-14(27)3-6-22(17)30-23(24)31)19-11-29-21-5-2-13(26)8-16(19)21/h1-11,28-29H,(H,30,31). The summed E-state index contributed by atoms with van der Waals surface area (Å²) in [6, 6.07) is 18.1. The Kier molecular flexibility index (Phi) is 4.26. The van der Waals surface area contributed by atoms with Gasteiger partial charge in [-0.3, -0.25) is 4.79 Å². The Morgan fingerprint density at radius 1 is 0.645 bits per heavy atom. The summed E-state index contributed by atoms with van der Waals surface area (Å²) in [5.74, 6) is -0.0673. The highest BCUT2D eigenvalue weighted by Crippen LogP contribution is 2.52. The number of halogens is 3. The molecule has 31 heavy (non-hydrogen) atoms. The fourth-order valence-corrected chi connectivity index (χ4v) is 5.84. The average molecular weight is 600 g/mol. The second-order valence-corrected chi connectivity index (χ2v) is 10.4. The number of anilines is 1. The number of H-pyrrole nitrogens is 2. The lowest BCUT2D eigenvalue weighted by Gasteiger charge is -2.28. The van der Waals surface area contributed by atoms with Gasteiger partial charge in [0.2, 0.25) is 5.91 Å². The Labute approximate surface area is 202 Å². The van der Waals surface area contributed by atoms with Crippen LogP contribution in [0.3, 0.4) is 0 Å². The maximum atomic E-state index is 13.9. The van der Waals surface area contributed by atoms with Crippen LogP contribution in [-0.2, 0) is 10.2 Å². The van der Waals surface area contributed by atoms with E-state index in [1.807, 2.05) is 54.9 Å². The lowest BCUT2D eigenvalue weighted by Crippen LogP contribution is -2.36. The first-order valence-electron chi connectivity index (χ1n) is 9.64. The maximum absolute atomic E-state index is 13.9. The number of amides is 1. The van der Waals surface area contributed by atoms with Gasteiger partial charge in [0, 0.05) is 70.0 Å². The molecule has 3 N–H and O–H groups in total. The minimum atomic E-state index is -1.02. The Morgan fingerprint density at radius 2 is 1.16 bits per heavy atom. The van der Waals surface area contributed by atoms with E-state index in [2.05, 4.69) is 75.2 Å². The molecule has 1 aliphatic rings. The minimum Gasteiger partial charge on any atom is -0.361 e. The summed E-state index contributed by atoms with van der Waals surface area (Å²) in [4.78, 5) is 20.7. The van der Waals surface area contributed by atoms with Crippen molar-refractivity contribution in [1.82, 2.24) is 9.97 Å². The van der Waals surface area contributed by atoms with Gasteiger partial charge in [0.05, 0.1) is 0 Å². The Balaban J connectivity index is 1.80. The van der Waals surface area contributed by atoms with Crippen LogP contribution in [-0.4, -0.2) is 15.9 Å². The second kappa shape index (κ2) is 6.82. The third-order valence-corrected chi connectivity index (χ3v) is 7.55. The summed E-state index contributed by atoms with van der Waals surface area (Å²) >= 11 is 10.8. The van der Waals surface area contributed by atoms with Gasteiger partial charge in [-0.05, 0) is 54.6 Å². The van der Waals surface area contributed by atoms with E-state index in [-0.39, 0.29) is 5.91 Å². The van der Waals surface area contributed by atoms with Crippen LogP contribution in [0.25, 0.3) is 21.8 Å². The van der Waals surface area contributed by atoms with Gasteiger partial charge in [-0.2, -0.15) is 0 Å². The summed E-state index contributed by atoms with van der Waals surface area (Å²) in [5.41, 5.74) is 4.52. The van der Waals surface area contributed by atoms with Crippen LogP contribution in [0.5, 0.6) is 0 Å². The number of rotatable bonds is 2. The molecule has 5 aromatic rings. The molecule has 152 valence electrons. The summed E-state index contributed by atoms with van der Waals surface area (Å²) in [7, 11) is 0. The number of carbonyl (C=O) groups excluding carboxylic acids is 1. The molecule has 6 rings (SSSR count). The van der Waals surface area contributed by atoms with Crippen molar-refractivity contribution in [3.05, 3.63) is 97.1 Å². The van der Waals surface area contributed by atoms with Gasteiger partial charge in [0.1, 0.15) is 5.41 Å². The van der Waals surface area contributed by atoms with Crippen molar-refractivity contribution >= 4 is 81.2 Å². The Bertz CT molecular complexity index is 1450. The maximum Gasteiger partial charge on any atom is 0.244 e. The molecule has 7 heteroatoms. The molecule has 3 heterocycles. The molecule has 0 bridgehead atoms. The van der Waals surface area contributed by atoms with E-state index in [4.69, 9.17) is 0 Å². The van der Waals surface area contributed by atoms with Gasteiger partial charge >= 0.3 is 0 Å². The lowest BCUT2D eigenvalue weighted by atomic mass is 9.70. The number of aromatic nitrogens is 2. The van der Waals surface area contributed by atoms with E-state index in [0.29, 0.717) is 0 Å². The summed E-state index contributed by atoms with van der Waals surface area (Å²) in [6.45, 7) is 0. The van der Waals surface area contributed by atoms with Crippen LogP contribution in [0, 0.1) is 0 Å². The first kappa shape index (κ1) is 19.3. The second-order valence-electron chi connectivity index (χ2n) is 7.68. The van der Waals surface area contributed by atoms with E-state index >= 15 is 0 Å². The third kappa shape index (κ3) is 2.66. The molecule has 4 nitrogen and oxygen atoms in total. The van der Waals surface area contributed by atoms with Crippen molar-refractivity contribution in [2.45, 2.75) is 5.41 Å². The molecule has 3 aromatic carbocycles. The molecule has 0 aliphatic carbocycles. The van der Waals surface area contributed by atoms with E-state index < -0.39 is 5.41 Å². The molecular formula is C24H14Br3N3O. The monoisotopic (exact) mass is 597 g/mol. The third-order valence-electron chi connectivity index (χ3n) is 6.07. The molecule has 0 saturated heterocycles. The molecule has 1 amide bonds. The van der Waals surface area contributed by atoms with Gasteiger partial charge in [-0.1, -0.05) is 47.8 Å². The Hall–Kier alpha value is -2.35. The van der Waals surface area contributed by atoms with Gasteiger partial charge in [-0.25, -0.2) is 0 Å². The Morgan fingerprint density at radius 3 is 1.74 bits per heavy atom. The largest absolute Gasteiger partial charge is 0.361 e. The first-order chi connectivity index (χ1) is 15.0. The number of nitrogens with one attached hydrogen (secondary N) is 3. The van der Waals surface area contributed by atoms with Crippen molar-refractivity contribution in [3.63, 3.8) is 0 Å².